The van der Waals surface area contributed by atoms with E-state index < -0.39 is 35.7 Å². The number of aromatic nitrogens is 1. The topological polar surface area (TPSA) is 45.6 Å². The monoisotopic (exact) mass is 536 g/mol. The van der Waals surface area contributed by atoms with Gasteiger partial charge in [0.2, 0.25) is 0 Å². The van der Waals surface area contributed by atoms with Crippen molar-refractivity contribution in [3.63, 3.8) is 0 Å². The second-order valence-electron chi connectivity index (χ2n) is 10.2. The first-order chi connectivity index (χ1) is 18.3. The molecule has 1 N–H and O–H groups in total. The van der Waals surface area contributed by atoms with E-state index in [0.717, 1.165) is 12.1 Å². The van der Waals surface area contributed by atoms with Crippen LogP contribution >= 0.6 is 0 Å². The molecule has 38 heavy (non-hydrogen) atoms. The molecule has 2 heterocycles. The minimum atomic E-state index is -1.46. The number of halogens is 5. The number of piperidine rings is 1. The zero-order chi connectivity index (χ0) is 27.3. The molecule has 9 heteroatoms. The molecule has 1 fully saturated rings. The summed E-state index contributed by atoms with van der Waals surface area (Å²) in [7, 11) is 1.51. The number of aliphatic hydroxyl groups excluding tert-OH is 1. The van der Waals surface area contributed by atoms with Crippen LogP contribution in [0.15, 0.2) is 36.5 Å². The van der Waals surface area contributed by atoms with Crippen LogP contribution in [0.25, 0.3) is 10.9 Å². The molecule has 0 unspecified atom stereocenters. The largest absolute Gasteiger partial charge is 0.497 e. The van der Waals surface area contributed by atoms with E-state index in [1.165, 1.54) is 13.3 Å². The Morgan fingerprint density at radius 2 is 1.82 bits per heavy atom. The molecule has 0 spiro atoms. The van der Waals surface area contributed by atoms with E-state index >= 15 is 4.39 Å². The Balaban J connectivity index is 1.34. The molecular formula is C29H33F5N2O2. The molecule has 0 amide bonds. The van der Waals surface area contributed by atoms with E-state index in [0.29, 0.717) is 74.0 Å². The van der Waals surface area contributed by atoms with E-state index in [-0.39, 0.29) is 24.2 Å². The molecule has 2 aromatic carbocycles. The van der Waals surface area contributed by atoms with Gasteiger partial charge in [0, 0.05) is 29.3 Å². The average molecular weight is 537 g/mol. The van der Waals surface area contributed by atoms with Crippen LogP contribution in [0, 0.1) is 22.9 Å². The lowest BCUT2D eigenvalue weighted by Gasteiger charge is -2.41. The van der Waals surface area contributed by atoms with Crippen LogP contribution in [-0.4, -0.2) is 48.3 Å². The quantitative estimate of drug-likeness (QED) is 0.221. The van der Waals surface area contributed by atoms with Gasteiger partial charge < -0.3 is 14.7 Å². The van der Waals surface area contributed by atoms with Crippen molar-refractivity contribution in [3.8, 4) is 5.75 Å². The molecule has 3 aromatic rings. The maximum atomic E-state index is 15.7. The van der Waals surface area contributed by atoms with Crippen molar-refractivity contribution in [2.45, 2.75) is 51.4 Å². The smallest absolute Gasteiger partial charge is 0.194 e. The SMILES string of the molecule is COc1ccc2ncc(CF)c([C@H](F)CCC3(CO)CCN(CCCc4cc(F)c(F)c(F)c4)CC3)c2c1. The lowest BCUT2D eigenvalue weighted by Crippen LogP contribution is -2.42. The van der Waals surface area contributed by atoms with Crippen molar-refractivity contribution in [2.75, 3.05) is 33.4 Å². The Labute approximate surface area is 219 Å². The maximum Gasteiger partial charge on any atom is 0.194 e. The number of ether oxygens (including phenoxy) is 1. The second kappa shape index (κ2) is 12.4. The first kappa shape index (κ1) is 28.2. The van der Waals surface area contributed by atoms with Crippen LogP contribution in [0.1, 0.15) is 55.0 Å². The molecule has 1 aliphatic heterocycles. The van der Waals surface area contributed by atoms with E-state index in [1.54, 1.807) is 18.2 Å². The van der Waals surface area contributed by atoms with E-state index in [9.17, 15) is 22.7 Å². The van der Waals surface area contributed by atoms with E-state index in [1.807, 2.05) is 0 Å². The molecule has 1 aliphatic rings. The molecule has 206 valence electrons. The van der Waals surface area contributed by atoms with Gasteiger partial charge in [-0.2, -0.15) is 0 Å². The van der Waals surface area contributed by atoms with Crippen molar-refractivity contribution in [1.29, 1.82) is 0 Å². The molecule has 1 saturated heterocycles. The van der Waals surface area contributed by atoms with Crippen molar-refractivity contribution in [3.05, 3.63) is 70.7 Å². The Morgan fingerprint density at radius 3 is 2.45 bits per heavy atom. The second-order valence-corrected chi connectivity index (χ2v) is 10.2. The molecule has 0 radical (unpaired) electrons. The fourth-order valence-electron chi connectivity index (χ4n) is 5.41. The molecule has 1 aromatic heterocycles. The van der Waals surface area contributed by atoms with E-state index in [4.69, 9.17) is 4.74 Å². The number of aliphatic hydroxyl groups is 1. The summed E-state index contributed by atoms with van der Waals surface area (Å²) in [5.74, 6) is -3.29. The summed E-state index contributed by atoms with van der Waals surface area (Å²) in [6, 6.07) is 7.18. The normalized spacial score (nSPS) is 16.6. The molecular weight excluding hydrogens is 503 g/mol. The van der Waals surface area contributed by atoms with Gasteiger partial charge in [-0.15, -0.1) is 0 Å². The predicted octanol–water partition coefficient (Wildman–Crippen LogP) is 6.63. The van der Waals surface area contributed by atoms with Gasteiger partial charge in [0.1, 0.15) is 18.6 Å². The van der Waals surface area contributed by atoms with Crippen LogP contribution in [-0.2, 0) is 13.1 Å². The summed E-state index contributed by atoms with van der Waals surface area (Å²) in [5.41, 5.74) is 1.05. The lowest BCUT2D eigenvalue weighted by atomic mass is 9.74. The first-order valence-corrected chi connectivity index (χ1v) is 12.9. The number of aryl methyl sites for hydroxylation is 1. The van der Waals surface area contributed by atoms with Gasteiger partial charge in [-0.25, -0.2) is 22.0 Å². The van der Waals surface area contributed by atoms with Crippen LogP contribution in [0.2, 0.25) is 0 Å². The number of fused-ring (bicyclic) bond motifs is 1. The number of hydrogen-bond donors (Lipinski definition) is 1. The highest BCUT2D eigenvalue weighted by molar-refractivity contribution is 5.85. The van der Waals surface area contributed by atoms with Gasteiger partial charge in [-0.05, 0) is 99.5 Å². The minimum absolute atomic E-state index is 0.0669. The standard InChI is InChI=1S/C29H33F5N2O2/c1-38-21-4-5-26-22(15-21)27(20(16-30)17-35-26)23(31)6-7-29(18-37)8-11-36(12-9-29)10-2-3-19-13-24(32)28(34)25(33)14-19/h4-5,13-15,17,23,37H,2-3,6-12,16,18H2,1H3/t23-/m1/s1. The van der Waals surface area contributed by atoms with Gasteiger partial charge in [0.25, 0.3) is 0 Å². The summed E-state index contributed by atoms with van der Waals surface area (Å²) < 4.78 is 74.7. The Kier molecular flexibility index (Phi) is 9.20. The third-order valence-corrected chi connectivity index (χ3v) is 7.82. The van der Waals surface area contributed by atoms with Crippen molar-refractivity contribution < 1.29 is 31.8 Å². The van der Waals surface area contributed by atoms with Crippen LogP contribution in [0.5, 0.6) is 5.75 Å². The zero-order valence-corrected chi connectivity index (χ0v) is 21.5. The van der Waals surface area contributed by atoms with Gasteiger partial charge >= 0.3 is 0 Å². The van der Waals surface area contributed by atoms with Gasteiger partial charge in [0.05, 0.1) is 12.6 Å². The van der Waals surface area contributed by atoms with Gasteiger partial charge in [0.15, 0.2) is 17.5 Å². The number of nitrogens with zero attached hydrogens (tertiary/aromatic N) is 2. The number of methoxy groups -OCH3 is 1. The predicted molar refractivity (Wildman–Crippen MR) is 136 cm³/mol. The summed E-state index contributed by atoms with van der Waals surface area (Å²) >= 11 is 0. The summed E-state index contributed by atoms with van der Waals surface area (Å²) in [5, 5.41) is 10.8. The summed E-state index contributed by atoms with van der Waals surface area (Å²) in [6.07, 6.45) is 2.97. The highest BCUT2D eigenvalue weighted by Crippen LogP contribution is 2.41. The highest BCUT2D eigenvalue weighted by Gasteiger charge is 2.35. The number of pyridine rings is 1. The Bertz CT molecular complexity index is 1220. The van der Waals surface area contributed by atoms with E-state index in [2.05, 4.69) is 9.88 Å². The fraction of sp³-hybridized carbons (Fsp3) is 0.483. The van der Waals surface area contributed by atoms with Crippen LogP contribution in [0.3, 0.4) is 0 Å². The van der Waals surface area contributed by atoms with Crippen molar-refractivity contribution in [2.24, 2.45) is 5.41 Å². The zero-order valence-electron chi connectivity index (χ0n) is 21.5. The maximum absolute atomic E-state index is 15.7. The summed E-state index contributed by atoms with van der Waals surface area (Å²) in [6.45, 7) is 1.21. The Hall–Kier alpha value is -2.78. The number of alkyl halides is 2. The average Bonchev–Trinajstić information content (AvgIpc) is 2.94. The molecule has 0 aliphatic carbocycles. The van der Waals surface area contributed by atoms with Crippen LogP contribution in [0.4, 0.5) is 22.0 Å². The molecule has 4 nitrogen and oxygen atoms in total. The third-order valence-electron chi connectivity index (χ3n) is 7.82. The number of likely N-dealkylation sites (tertiary alicyclic amines) is 1. The Morgan fingerprint density at radius 1 is 1.11 bits per heavy atom. The highest BCUT2D eigenvalue weighted by atomic mass is 19.2. The van der Waals surface area contributed by atoms with Gasteiger partial charge in [-0.1, -0.05) is 0 Å². The van der Waals surface area contributed by atoms with Crippen molar-refractivity contribution in [1.82, 2.24) is 9.88 Å². The minimum Gasteiger partial charge on any atom is -0.497 e. The first-order valence-electron chi connectivity index (χ1n) is 12.9. The number of hydrogen-bond acceptors (Lipinski definition) is 4. The number of benzene rings is 2. The molecule has 1 atom stereocenters. The fourth-order valence-corrected chi connectivity index (χ4v) is 5.41. The molecule has 0 saturated carbocycles. The lowest BCUT2D eigenvalue weighted by molar-refractivity contribution is 0.0299. The summed E-state index contributed by atoms with van der Waals surface area (Å²) in [4.78, 5) is 6.46. The van der Waals surface area contributed by atoms with Crippen LogP contribution < -0.4 is 4.74 Å². The van der Waals surface area contributed by atoms with Crippen molar-refractivity contribution >= 4 is 10.9 Å². The van der Waals surface area contributed by atoms with Gasteiger partial charge in [-0.3, -0.25) is 4.98 Å². The molecule has 0 bridgehead atoms. The third kappa shape index (κ3) is 6.26. The molecule has 4 rings (SSSR count). The number of rotatable bonds is 11.